The van der Waals surface area contributed by atoms with Crippen molar-refractivity contribution in [2.45, 2.75) is 13.0 Å². The van der Waals surface area contributed by atoms with Crippen LogP contribution in [0.5, 0.6) is 0 Å². The average molecular weight is 348 g/mol. The predicted molar refractivity (Wildman–Crippen MR) is 104 cm³/mol. The summed E-state index contributed by atoms with van der Waals surface area (Å²) < 4.78 is 5.54. The molecule has 0 unspecified atom stereocenters. The molecule has 5 heteroatoms. The van der Waals surface area contributed by atoms with Gasteiger partial charge in [0.1, 0.15) is 5.82 Å². The fourth-order valence-electron chi connectivity index (χ4n) is 3.47. The lowest BCUT2D eigenvalue weighted by Crippen LogP contribution is -2.41. The minimum Gasteiger partial charge on any atom is -0.379 e. The van der Waals surface area contributed by atoms with Crippen molar-refractivity contribution in [3.05, 3.63) is 65.9 Å². The van der Waals surface area contributed by atoms with Crippen LogP contribution < -0.4 is 5.32 Å². The third-order valence-corrected chi connectivity index (χ3v) is 4.84. The Morgan fingerprint density at radius 2 is 1.88 bits per heavy atom. The summed E-state index contributed by atoms with van der Waals surface area (Å²) in [7, 11) is 0. The van der Waals surface area contributed by atoms with Gasteiger partial charge in [0.05, 0.1) is 36.5 Å². The van der Waals surface area contributed by atoms with Gasteiger partial charge in [0.15, 0.2) is 0 Å². The van der Waals surface area contributed by atoms with Crippen molar-refractivity contribution in [1.82, 2.24) is 14.9 Å². The quantitative estimate of drug-likeness (QED) is 0.766. The first-order valence-corrected chi connectivity index (χ1v) is 9.13. The van der Waals surface area contributed by atoms with Gasteiger partial charge in [0.2, 0.25) is 0 Å². The standard InChI is InChI=1S/C21H24N4O/c1-16-5-4-6-17(13-16)20(25-9-11-26-12-10-25)14-23-21-15-22-18-7-2-3-8-19(18)24-21/h2-8,13,15,20H,9-12,14H2,1H3,(H,23,24)/t20-/m1/s1. The molecule has 4 rings (SSSR count). The van der Waals surface area contributed by atoms with E-state index in [-0.39, 0.29) is 6.04 Å². The lowest BCUT2D eigenvalue weighted by molar-refractivity contribution is 0.0187. The van der Waals surface area contributed by atoms with Crippen LogP contribution in [0.3, 0.4) is 0 Å². The molecule has 26 heavy (non-hydrogen) atoms. The maximum atomic E-state index is 5.54. The Hall–Kier alpha value is -2.50. The van der Waals surface area contributed by atoms with Crippen LogP contribution in [-0.4, -0.2) is 47.7 Å². The molecule has 134 valence electrons. The molecule has 1 N–H and O–H groups in total. The first kappa shape index (κ1) is 16.9. The highest BCUT2D eigenvalue weighted by molar-refractivity contribution is 5.75. The molecule has 3 aromatic rings. The molecular weight excluding hydrogens is 324 g/mol. The zero-order valence-corrected chi connectivity index (χ0v) is 15.1. The maximum Gasteiger partial charge on any atom is 0.145 e. The second-order valence-corrected chi connectivity index (χ2v) is 6.70. The van der Waals surface area contributed by atoms with Crippen LogP contribution in [0.1, 0.15) is 17.2 Å². The first-order chi connectivity index (χ1) is 12.8. The fourth-order valence-corrected chi connectivity index (χ4v) is 3.47. The number of benzene rings is 2. The highest BCUT2D eigenvalue weighted by Crippen LogP contribution is 2.23. The number of fused-ring (bicyclic) bond motifs is 1. The number of ether oxygens (including phenoxy) is 1. The Balaban J connectivity index is 1.55. The van der Waals surface area contributed by atoms with E-state index in [9.17, 15) is 0 Å². The van der Waals surface area contributed by atoms with E-state index in [1.807, 2.05) is 30.5 Å². The van der Waals surface area contributed by atoms with Crippen LogP contribution in [-0.2, 0) is 4.74 Å². The molecule has 1 aliphatic rings. The van der Waals surface area contributed by atoms with Gasteiger partial charge in [-0.15, -0.1) is 0 Å². The average Bonchev–Trinajstić information content (AvgIpc) is 2.69. The Labute approximate surface area is 154 Å². The van der Waals surface area contributed by atoms with Crippen molar-refractivity contribution in [2.75, 3.05) is 38.2 Å². The number of aryl methyl sites for hydroxylation is 1. The lowest BCUT2D eigenvalue weighted by Gasteiger charge is -2.35. The zero-order chi connectivity index (χ0) is 17.8. The van der Waals surface area contributed by atoms with Crippen molar-refractivity contribution in [1.29, 1.82) is 0 Å². The number of nitrogens with zero attached hydrogens (tertiary/aromatic N) is 3. The summed E-state index contributed by atoms with van der Waals surface area (Å²) in [5.74, 6) is 0.814. The summed E-state index contributed by atoms with van der Waals surface area (Å²) in [5.41, 5.74) is 4.44. The zero-order valence-electron chi connectivity index (χ0n) is 15.1. The van der Waals surface area contributed by atoms with Crippen LogP contribution >= 0.6 is 0 Å². The molecular formula is C21H24N4O. The summed E-state index contributed by atoms with van der Waals surface area (Å²) in [5, 5.41) is 3.50. The molecule has 2 aromatic carbocycles. The van der Waals surface area contributed by atoms with Gasteiger partial charge in [-0.2, -0.15) is 0 Å². The van der Waals surface area contributed by atoms with E-state index >= 15 is 0 Å². The number of hydrogen-bond donors (Lipinski definition) is 1. The first-order valence-electron chi connectivity index (χ1n) is 9.13. The van der Waals surface area contributed by atoms with Crippen molar-refractivity contribution < 1.29 is 4.74 Å². The smallest absolute Gasteiger partial charge is 0.145 e. The monoisotopic (exact) mass is 348 g/mol. The van der Waals surface area contributed by atoms with Crippen LogP contribution in [0.25, 0.3) is 11.0 Å². The normalized spacial score (nSPS) is 16.5. The second kappa shape index (κ2) is 7.81. The number of para-hydroxylation sites is 2. The largest absolute Gasteiger partial charge is 0.379 e. The van der Waals surface area contributed by atoms with Crippen LogP contribution in [0.2, 0.25) is 0 Å². The molecule has 1 aliphatic heterocycles. The van der Waals surface area contributed by atoms with E-state index in [0.717, 1.165) is 49.7 Å². The maximum absolute atomic E-state index is 5.54. The number of anilines is 1. The van der Waals surface area contributed by atoms with E-state index in [2.05, 4.69) is 51.4 Å². The molecule has 5 nitrogen and oxygen atoms in total. The molecule has 1 fully saturated rings. The van der Waals surface area contributed by atoms with E-state index in [1.54, 1.807) is 0 Å². The molecule has 0 bridgehead atoms. The Bertz CT molecular complexity index is 877. The Morgan fingerprint density at radius 3 is 2.69 bits per heavy atom. The van der Waals surface area contributed by atoms with Gasteiger partial charge in [0, 0.05) is 19.6 Å². The van der Waals surface area contributed by atoms with Gasteiger partial charge in [-0.3, -0.25) is 9.88 Å². The third-order valence-electron chi connectivity index (χ3n) is 4.84. The minimum atomic E-state index is 0.284. The number of rotatable bonds is 5. The fraction of sp³-hybridized carbons (Fsp3) is 0.333. The third kappa shape index (κ3) is 3.84. The predicted octanol–water partition coefficient (Wildman–Crippen LogP) is 3.42. The summed E-state index contributed by atoms with van der Waals surface area (Å²) in [4.78, 5) is 11.7. The summed E-state index contributed by atoms with van der Waals surface area (Å²) in [6, 6.07) is 17.0. The molecule has 1 aromatic heterocycles. The van der Waals surface area contributed by atoms with Crippen LogP contribution in [0.4, 0.5) is 5.82 Å². The molecule has 0 radical (unpaired) electrons. The number of morpholine rings is 1. The van der Waals surface area contributed by atoms with Crippen LogP contribution in [0.15, 0.2) is 54.7 Å². The highest BCUT2D eigenvalue weighted by atomic mass is 16.5. The van der Waals surface area contributed by atoms with E-state index in [4.69, 9.17) is 4.74 Å². The molecule has 1 saturated heterocycles. The SMILES string of the molecule is Cc1cccc([C@@H](CNc2cnc3ccccc3n2)N2CCOCC2)c1. The highest BCUT2D eigenvalue weighted by Gasteiger charge is 2.22. The van der Waals surface area contributed by atoms with Crippen LogP contribution in [0, 0.1) is 6.92 Å². The summed E-state index contributed by atoms with van der Waals surface area (Å²) in [6.45, 7) is 6.40. The van der Waals surface area contributed by atoms with Gasteiger partial charge in [-0.05, 0) is 24.6 Å². The topological polar surface area (TPSA) is 50.3 Å². The molecule has 2 heterocycles. The van der Waals surface area contributed by atoms with Gasteiger partial charge >= 0.3 is 0 Å². The van der Waals surface area contributed by atoms with Gasteiger partial charge < -0.3 is 10.1 Å². The van der Waals surface area contributed by atoms with Gasteiger partial charge in [-0.1, -0.05) is 42.0 Å². The Kier molecular flexibility index (Phi) is 5.09. The van der Waals surface area contributed by atoms with Gasteiger partial charge in [0.25, 0.3) is 0 Å². The summed E-state index contributed by atoms with van der Waals surface area (Å²) in [6.07, 6.45) is 1.81. The Morgan fingerprint density at radius 1 is 1.08 bits per heavy atom. The molecule has 0 aliphatic carbocycles. The van der Waals surface area contributed by atoms with Gasteiger partial charge in [-0.25, -0.2) is 4.98 Å². The minimum absolute atomic E-state index is 0.284. The van der Waals surface area contributed by atoms with Crippen molar-refractivity contribution in [3.8, 4) is 0 Å². The van der Waals surface area contributed by atoms with Crippen molar-refractivity contribution in [2.24, 2.45) is 0 Å². The second-order valence-electron chi connectivity index (χ2n) is 6.70. The number of hydrogen-bond acceptors (Lipinski definition) is 5. The number of nitrogens with one attached hydrogen (secondary N) is 1. The molecule has 0 spiro atoms. The molecule has 1 atom stereocenters. The molecule has 0 saturated carbocycles. The number of aromatic nitrogens is 2. The van der Waals surface area contributed by atoms with Crippen molar-refractivity contribution in [3.63, 3.8) is 0 Å². The van der Waals surface area contributed by atoms with E-state index in [1.165, 1.54) is 11.1 Å². The molecule has 0 amide bonds. The van der Waals surface area contributed by atoms with Crippen molar-refractivity contribution >= 4 is 16.9 Å². The van der Waals surface area contributed by atoms with E-state index < -0.39 is 0 Å². The lowest BCUT2D eigenvalue weighted by atomic mass is 10.0. The summed E-state index contributed by atoms with van der Waals surface area (Å²) >= 11 is 0. The van der Waals surface area contributed by atoms with E-state index in [0.29, 0.717) is 0 Å².